The molecule has 136 valence electrons. The van der Waals surface area contributed by atoms with E-state index in [0.29, 0.717) is 24.4 Å². The number of benzene rings is 1. The number of hydrogen-bond donors (Lipinski definition) is 2. The first-order chi connectivity index (χ1) is 12.1. The van der Waals surface area contributed by atoms with Crippen LogP contribution in [0.4, 0.5) is 11.4 Å². The van der Waals surface area contributed by atoms with Crippen LogP contribution in [-0.2, 0) is 21.4 Å². The lowest BCUT2D eigenvalue weighted by molar-refractivity contribution is 0.264. The highest BCUT2D eigenvalue weighted by atomic mass is 32.2. The summed E-state index contributed by atoms with van der Waals surface area (Å²) in [5.41, 5.74) is 2.34. The van der Waals surface area contributed by atoms with Crippen LogP contribution in [0.1, 0.15) is 56.9 Å². The molecule has 0 amide bonds. The molecule has 25 heavy (non-hydrogen) atoms. The Morgan fingerprint density at radius 2 is 1.80 bits per heavy atom. The van der Waals surface area contributed by atoms with Gasteiger partial charge in [-0.25, -0.2) is 8.42 Å². The molecule has 1 aromatic carbocycles. The highest BCUT2D eigenvalue weighted by Crippen LogP contribution is 2.32. The molecule has 0 radical (unpaired) electrons. The Bertz CT molecular complexity index is 764. The van der Waals surface area contributed by atoms with Crippen molar-refractivity contribution in [3.63, 3.8) is 0 Å². The van der Waals surface area contributed by atoms with Gasteiger partial charge < -0.3 is 10.1 Å². The van der Waals surface area contributed by atoms with Crippen molar-refractivity contribution in [1.29, 1.82) is 0 Å². The molecule has 2 saturated carbocycles. The summed E-state index contributed by atoms with van der Waals surface area (Å²) in [6.07, 6.45) is 8.97. The summed E-state index contributed by atoms with van der Waals surface area (Å²) in [6.45, 7) is 0.410. The fourth-order valence-corrected chi connectivity index (χ4v) is 4.84. The van der Waals surface area contributed by atoms with Gasteiger partial charge in [0.2, 0.25) is 10.0 Å². The van der Waals surface area contributed by atoms with E-state index in [9.17, 15) is 8.42 Å². The number of ether oxygens (including phenoxy) is 1. The van der Waals surface area contributed by atoms with E-state index in [0.717, 1.165) is 36.9 Å². The number of amidine groups is 1. The quantitative estimate of drug-likeness (QED) is 0.803. The van der Waals surface area contributed by atoms with Crippen LogP contribution in [0.2, 0.25) is 0 Å². The Kier molecular flexibility index (Phi) is 4.58. The van der Waals surface area contributed by atoms with E-state index in [2.05, 4.69) is 15.0 Å². The Labute approximate surface area is 149 Å². The number of aliphatic imine (C=N–C) groups is 1. The molecule has 1 aromatic rings. The van der Waals surface area contributed by atoms with Gasteiger partial charge in [0.15, 0.2) is 0 Å². The molecule has 2 fully saturated rings. The summed E-state index contributed by atoms with van der Waals surface area (Å²) in [6, 6.07) is 6.48. The summed E-state index contributed by atoms with van der Waals surface area (Å²) < 4.78 is 32.5. The third-order valence-electron chi connectivity index (χ3n) is 5.07. The number of rotatable bonds is 4. The Balaban J connectivity index is 1.45. The van der Waals surface area contributed by atoms with Gasteiger partial charge in [-0.05, 0) is 43.9 Å². The van der Waals surface area contributed by atoms with Crippen LogP contribution < -0.4 is 10.0 Å². The topological polar surface area (TPSA) is 79.8 Å². The van der Waals surface area contributed by atoms with Crippen molar-refractivity contribution in [2.24, 2.45) is 4.99 Å². The second kappa shape index (κ2) is 6.86. The van der Waals surface area contributed by atoms with Crippen LogP contribution >= 0.6 is 0 Å². The van der Waals surface area contributed by atoms with Gasteiger partial charge in [-0.1, -0.05) is 25.7 Å². The van der Waals surface area contributed by atoms with Crippen LogP contribution in [0, 0.1) is 0 Å². The fourth-order valence-electron chi connectivity index (χ4n) is 3.46. The average Bonchev–Trinajstić information content (AvgIpc) is 3.43. The molecule has 1 heterocycles. The molecular weight excluding hydrogens is 338 g/mol. The molecule has 1 aliphatic heterocycles. The van der Waals surface area contributed by atoms with E-state index >= 15 is 0 Å². The zero-order chi connectivity index (χ0) is 17.3. The molecule has 0 aromatic heterocycles. The first kappa shape index (κ1) is 16.7. The second-order valence-corrected chi connectivity index (χ2v) is 9.19. The molecule has 7 heteroatoms. The van der Waals surface area contributed by atoms with Gasteiger partial charge in [-0.2, -0.15) is 4.99 Å². The molecule has 0 bridgehead atoms. The third-order valence-corrected chi connectivity index (χ3v) is 6.94. The molecule has 0 saturated heterocycles. The van der Waals surface area contributed by atoms with E-state index in [1.165, 1.54) is 25.7 Å². The third kappa shape index (κ3) is 4.08. The van der Waals surface area contributed by atoms with E-state index in [1.54, 1.807) is 6.07 Å². The minimum absolute atomic E-state index is 0.229. The van der Waals surface area contributed by atoms with Crippen molar-refractivity contribution in [2.45, 2.75) is 69.3 Å². The first-order valence-electron chi connectivity index (χ1n) is 9.23. The monoisotopic (exact) mass is 363 g/mol. The lowest BCUT2D eigenvalue weighted by atomic mass is 10.1. The molecule has 4 rings (SSSR count). The lowest BCUT2D eigenvalue weighted by Gasteiger charge is -2.23. The summed E-state index contributed by atoms with van der Waals surface area (Å²) in [5, 5.41) is 3.20. The lowest BCUT2D eigenvalue weighted by Crippen LogP contribution is -2.36. The summed E-state index contributed by atoms with van der Waals surface area (Å²) in [4.78, 5) is 4.56. The molecular formula is C18H25N3O3S. The van der Waals surface area contributed by atoms with E-state index < -0.39 is 10.0 Å². The van der Waals surface area contributed by atoms with Crippen molar-refractivity contribution >= 4 is 27.4 Å². The number of sulfonamides is 1. The maximum atomic E-state index is 12.1. The minimum Gasteiger partial charge on any atom is -0.460 e. The Hall–Kier alpha value is -1.76. The van der Waals surface area contributed by atoms with Gasteiger partial charge in [0.1, 0.15) is 6.61 Å². The maximum Gasteiger partial charge on any atom is 0.290 e. The predicted molar refractivity (Wildman–Crippen MR) is 98.5 cm³/mol. The number of nitrogens with one attached hydrogen (secondary N) is 2. The van der Waals surface area contributed by atoms with Crippen molar-refractivity contribution in [3.8, 4) is 0 Å². The van der Waals surface area contributed by atoms with Gasteiger partial charge >= 0.3 is 0 Å². The average molecular weight is 363 g/mol. The Morgan fingerprint density at radius 1 is 1.04 bits per heavy atom. The molecule has 3 aliphatic rings. The molecule has 2 N–H and O–H groups in total. The molecule has 0 unspecified atom stereocenters. The minimum atomic E-state index is -3.24. The first-order valence-corrected chi connectivity index (χ1v) is 10.8. The van der Waals surface area contributed by atoms with Gasteiger partial charge in [-0.15, -0.1) is 0 Å². The van der Waals surface area contributed by atoms with Crippen molar-refractivity contribution in [2.75, 3.05) is 4.72 Å². The number of anilines is 1. The zero-order valence-electron chi connectivity index (χ0n) is 14.3. The largest absolute Gasteiger partial charge is 0.460 e. The van der Waals surface area contributed by atoms with Gasteiger partial charge in [0.05, 0.1) is 10.9 Å². The summed E-state index contributed by atoms with van der Waals surface area (Å²) in [5.74, 6) is 0. The smallest absolute Gasteiger partial charge is 0.290 e. The van der Waals surface area contributed by atoms with E-state index in [-0.39, 0.29) is 5.25 Å². The standard InChI is InChI=1S/C18H25N3O3S/c22-25(23,16-8-9-16)21-15-7-10-17-13(11-15)12-24-18(20-17)19-14-5-3-1-2-4-6-14/h7,10-11,14,16,21H,1-6,8-9,12H2,(H,19,20). The SMILES string of the molecule is O=S(=O)(Nc1ccc2c(c1)COC(NC1CCCCCC1)=N2)C1CC1. The van der Waals surface area contributed by atoms with Crippen LogP contribution in [0.15, 0.2) is 23.2 Å². The van der Waals surface area contributed by atoms with Crippen molar-refractivity contribution in [1.82, 2.24) is 5.32 Å². The van der Waals surface area contributed by atoms with Crippen LogP contribution in [0.3, 0.4) is 0 Å². The van der Waals surface area contributed by atoms with Crippen molar-refractivity contribution < 1.29 is 13.2 Å². The normalized spacial score (nSPS) is 21.5. The number of nitrogens with zero attached hydrogens (tertiary/aromatic N) is 1. The van der Waals surface area contributed by atoms with Gasteiger partial charge in [-0.3, -0.25) is 4.72 Å². The highest BCUT2D eigenvalue weighted by Gasteiger charge is 2.35. The molecule has 2 aliphatic carbocycles. The number of hydrogen-bond acceptors (Lipinski definition) is 5. The number of fused-ring (bicyclic) bond motifs is 1. The van der Waals surface area contributed by atoms with E-state index in [1.807, 2.05) is 12.1 Å². The molecule has 0 spiro atoms. The van der Waals surface area contributed by atoms with E-state index in [4.69, 9.17) is 4.74 Å². The molecule has 6 nitrogen and oxygen atoms in total. The summed E-state index contributed by atoms with van der Waals surface area (Å²) >= 11 is 0. The van der Waals surface area contributed by atoms with Crippen LogP contribution in [0.25, 0.3) is 0 Å². The second-order valence-electron chi connectivity index (χ2n) is 7.23. The van der Waals surface area contributed by atoms with Gasteiger partial charge in [0, 0.05) is 17.3 Å². The van der Waals surface area contributed by atoms with Crippen molar-refractivity contribution in [3.05, 3.63) is 23.8 Å². The summed E-state index contributed by atoms with van der Waals surface area (Å²) in [7, 11) is -3.24. The maximum absolute atomic E-state index is 12.1. The van der Waals surface area contributed by atoms with Crippen LogP contribution in [-0.4, -0.2) is 25.7 Å². The zero-order valence-corrected chi connectivity index (χ0v) is 15.1. The Morgan fingerprint density at radius 3 is 2.52 bits per heavy atom. The predicted octanol–water partition coefficient (Wildman–Crippen LogP) is 3.42. The van der Waals surface area contributed by atoms with Crippen LogP contribution in [0.5, 0.6) is 0 Å². The van der Waals surface area contributed by atoms with Gasteiger partial charge in [0.25, 0.3) is 6.02 Å². The fraction of sp³-hybridized carbons (Fsp3) is 0.611. The molecule has 0 atom stereocenters. The highest BCUT2D eigenvalue weighted by molar-refractivity contribution is 7.93.